The molecule has 0 unspecified atom stereocenters. The molecule has 4 amide bonds. The summed E-state index contributed by atoms with van der Waals surface area (Å²) in [6.45, 7) is 4.11. The number of nitrogens with one attached hydrogen (secondary N) is 2. The fourth-order valence-electron chi connectivity index (χ4n) is 4.74. The molecule has 0 aliphatic carbocycles. The molecule has 0 fully saturated rings. The number of hydrogen-bond acceptors (Lipinski definition) is 4. The predicted molar refractivity (Wildman–Crippen MR) is 133 cm³/mol. The average Bonchev–Trinajstić information content (AvgIpc) is 3.54. The minimum atomic E-state index is -0.955. The average molecular weight is 501 g/mol. The van der Waals surface area contributed by atoms with Crippen LogP contribution in [0.25, 0.3) is 0 Å². The summed E-state index contributed by atoms with van der Waals surface area (Å²) in [4.78, 5) is 43.5. The Morgan fingerprint density at radius 1 is 1.14 bits per heavy atom. The Hall–Kier alpha value is -4.66. The Kier molecular flexibility index (Phi) is 6.59. The molecular formula is C28H25FN4O4. The third-order valence-electron chi connectivity index (χ3n) is 6.46. The van der Waals surface area contributed by atoms with Crippen molar-refractivity contribution in [2.24, 2.45) is 0 Å². The number of hydrogen-bond donors (Lipinski definition) is 2. The molecule has 0 spiro atoms. The van der Waals surface area contributed by atoms with Crippen molar-refractivity contribution in [1.29, 1.82) is 0 Å². The second kappa shape index (κ2) is 10.1. The summed E-state index contributed by atoms with van der Waals surface area (Å²) in [5.74, 6) is -0.622. The zero-order chi connectivity index (χ0) is 25.9. The first-order valence-corrected chi connectivity index (χ1v) is 11.8. The Morgan fingerprint density at radius 2 is 1.89 bits per heavy atom. The van der Waals surface area contributed by atoms with Crippen LogP contribution in [0.15, 0.2) is 101 Å². The van der Waals surface area contributed by atoms with E-state index in [1.807, 2.05) is 6.07 Å². The molecule has 8 nitrogen and oxygen atoms in total. The topological polar surface area (TPSA) is 94.9 Å². The second-order valence-electron chi connectivity index (χ2n) is 8.74. The molecule has 2 aliphatic heterocycles. The standard InChI is InChI=1S/C28H25FN4O4/c1-2-14-32-22-17-33(27(35)23(22)24(31-28(32)36)18-10-12-20(29)13-11-18)25(19-7-4-3-5-8-19)26(34)30-16-21-9-6-15-37-21/h2-13,15,24-25H,1,14,16-17H2,(H,30,34)(H,31,36)/t24-,25-/m0/s1. The zero-order valence-electron chi connectivity index (χ0n) is 19.9. The van der Waals surface area contributed by atoms with Crippen LogP contribution in [0.4, 0.5) is 9.18 Å². The highest BCUT2D eigenvalue weighted by Crippen LogP contribution is 2.39. The summed E-state index contributed by atoms with van der Waals surface area (Å²) in [5.41, 5.74) is 2.02. The van der Waals surface area contributed by atoms with Gasteiger partial charge in [-0.3, -0.25) is 14.5 Å². The molecule has 37 heavy (non-hydrogen) atoms. The van der Waals surface area contributed by atoms with Gasteiger partial charge >= 0.3 is 6.03 Å². The van der Waals surface area contributed by atoms with Gasteiger partial charge in [0.1, 0.15) is 17.6 Å². The van der Waals surface area contributed by atoms with Crippen LogP contribution in [0.3, 0.4) is 0 Å². The Labute approximate surface area is 213 Å². The van der Waals surface area contributed by atoms with Gasteiger partial charge in [-0.1, -0.05) is 48.5 Å². The summed E-state index contributed by atoms with van der Waals surface area (Å²) in [6.07, 6.45) is 3.09. The molecule has 2 aromatic carbocycles. The van der Waals surface area contributed by atoms with Crippen LogP contribution in [0.1, 0.15) is 29.0 Å². The van der Waals surface area contributed by atoms with Crippen molar-refractivity contribution < 1.29 is 23.2 Å². The lowest BCUT2D eigenvalue weighted by Crippen LogP contribution is -2.47. The van der Waals surface area contributed by atoms with Crippen LogP contribution in [-0.2, 0) is 16.1 Å². The normalized spacial score (nSPS) is 17.9. The molecular weight excluding hydrogens is 475 g/mol. The van der Waals surface area contributed by atoms with Crippen LogP contribution in [0, 0.1) is 5.82 Å². The van der Waals surface area contributed by atoms with Gasteiger partial charge in [0.15, 0.2) is 0 Å². The highest BCUT2D eigenvalue weighted by molar-refractivity contribution is 6.03. The smallest absolute Gasteiger partial charge is 0.322 e. The maximum atomic E-state index is 14.0. The Balaban J connectivity index is 1.52. The molecule has 1 aromatic heterocycles. The van der Waals surface area contributed by atoms with E-state index in [1.165, 1.54) is 40.3 Å². The number of halogens is 1. The largest absolute Gasteiger partial charge is 0.467 e. The third-order valence-corrected chi connectivity index (χ3v) is 6.46. The molecule has 0 bridgehead atoms. The van der Waals surface area contributed by atoms with Gasteiger partial charge in [-0.15, -0.1) is 6.58 Å². The quantitative estimate of drug-likeness (QED) is 0.460. The molecule has 0 saturated heterocycles. The van der Waals surface area contributed by atoms with Gasteiger partial charge in [0.2, 0.25) is 5.91 Å². The van der Waals surface area contributed by atoms with Crippen molar-refractivity contribution in [1.82, 2.24) is 20.4 Å². The number of furan rings is 1. The molecule has 3 heterocycles. The third kappa shape index (κ3) is 4.63. The molecule has 2 aliphatic rings. The number of carbonyl (C=O) groups is 3. The molecule has 0 saturated carbocycles. The molecule has 2 atom stereocenters. The van der Waals surface area contributed by atoms with Crippen molar-refractivity contribution in [2.45, 2.75) is 18.6 Å². The van der Waals surface area contributed by atoms with E-state index in [0.717, 1.165) is 0 Å². The summed E-state index contributed by atoms with van der Waals surface area (Å²) >= 11 is 0. The van der Waals surface area contributed by atoms with E-state index in [4.69, 9.17) is 4.42 Å². The number of amides is 4. The number of benzene rings is 2. The number of carbonyl (C=O) groups excluding carboxylic acids is 3. The molecule has 188 valence electrons. The monoisotopic (exact) mass is 500 g/mol. The summed E-state index contributed by atoms with van der Waals surface area (Å²) < 4.78 is 18.9. The number of nitrogens with zero attached hydrogens (tertiary/aromatic N) is 2. The SMILES string of the molecule is C=CCN1C(=O)N[C@@H](c2ccc(F)cc2)C2=C1CN([C@H](C(=O)NCc1ccco1)c1ccccc1)C2=O. The fraction of sp³-hybridized carbons (Fsp3) is 0.179. The lowest BCUT2D eigenvalue weighted by Gasteiger charge is -2.33. The lowest BCUT2D eigenvalue weighted by molar-refractivity contribution is -0.136. The van der Waals surface area contributed by atoms with Gasteiger partial charge in [0.25, 0.3) is 5.91 Å². The minimum Gasteiger partial charge on any atom is -0.467 e. The molecule has 9 heteroatoms. The van der Waals surface area contributed by atoms with Gasteiger partial charge in [0.05, 0.1) is 36.7 Å². The number of rotatable bonds is 8. The van der Waals surface area contributed by atoms with E-state index in [9.17, 15) is 18.8 Å². The van der Waals surface area contributed by atoms with Crippen molar-refractivity contribution >= 4 is 17.8 Å². The number of urea groups is 1. The van der Waals surface area contributed by atoms with Crippen LogP contribution < -0.4 is 10.6 Å². The van der Waals surface area contributed by atoms with Gasteiger partial charge in [-0.05, 0) is 35.4 Å². The van der Waals surface area contributed by atoms with Crippen molar-refractivity contribution in [3.63, 3.8) is 0 Å². The van der Waals surface area contributed by atoms with Crippen molar-refractivity contribution in [2.75, 3.05) is 13.1 Å². The first kappa shape index (κ1) is 24.1. The predicted octanol–water partition coefficient (Wildman–Crippen LogP) is 3.83. The van der Waals surface area contributed by atoms with Gasteiger partial charge in [0, 0.05) is 6.54 Å². The summed E-state index contributed by atoms with van der Waals surface area (Å²) in [5, 5.41) is 5.72. The lowest BCUT2D eigenvalue weighted by atomic mass is 9.95. The van der Waals surface area contributed by atoms with Crippen molar-refractivity contribution in [3.05, 3.63) is 120 Å². The maximum absolute atomic E-state index is 14.0. The van der Waals surface area contributed by atoms with Gasteiger partial charge in [-0.25, -0.2) is 9.18 Å². The van der Waals surface area contributed by atoms with Crippen LogP contribution in [0.2, 0.25) is 0 Å². The van der Waals surface area contributed by atoms with Gasteiger partial charge < -0.3 is 20.0 Å². The molecule has 0 radical (unpaired) electrons. The first-order valence-electron chi connectivity index (χ1n) is 11.8. The van der Waals surface area contributed by atoms with Gasteiger partial charge in [-0.2, -0.15) is 0 Å². The van der Waals surface area contributed by atoms with Crippen LogP contribution in [0.5, 0.6) is 0 Å². The summed E-state index contributed by atoms with van der Waals surface area (Å²) in [6, 6.07) is 16.0. The zero-order valence-corrected chi connectivity index (χ0v) is 19.9. The van der Waals surface area contributed by atoms with Crippen LogP contribution >= 0.6 is 0 Å². The highest BCUT2D eigenvalue weighted by Gasteiger charge is 2.47. The van der Waals surface area contributed by atoms with Crippen LogP contribution in [-0.4, -0.2) is 40.7 Å². The maximum Gasteiger partial charge on any atom is 0.322 e. The molecule has 2 N–H and O–H groups in total. The van der Waals surface area contributed by atoms with E-state index in [-0.39, 0.29) is 31.4 Å². The highest BCUT2D eigenvalue weighted by atomic mass is 19.1. The Bertz CT molecular complexity index is 1350. The fourth-order valence-corrected chi connectivity index (χ4v) is 4.74. The van der Waals surface area contributed by atoms with E-state index in [1.54, 1.807) is 42.5 Å². The van der Waals surface area contributed by atoms with E-state index in [2.05, 4.69) is 17.2 Å². The molecule has 5 rings (SSSR count). The van der Waals surface area contributed by atoms with E-state index in [0.29, 0.717) is 28.2 Å². The minimum absolute atomic E-state index is 0.0425. The summed E-state index contributed by atoms with van der Waals surface area (Å²) in [7, 11) is 0. The second-order valence-corrected chi connectivity index (χ2v) is 8.74. The Morgan fingerprint density at radius 3 is 2.57 bits per heavy atom. The van der Waals surface area contributed by atoms with Crippen molar-refractivity contribution in [3.8, 4) is 0 Å². The first-order chi connectivity index (χ1) is 18.0. The molecule has 3 aromatic rings. The van der Waals surface area contributed by atoms with E-state index >= 15 is 0 Å². The van der Waals surface area contributed by atoms with E-state index < -0.39 is 23.9 Å².